The van der Waals surface area contributed by atoms with Gasteiger partial charge in [0.25, 0.3) is 0 Å². The predicted octanol–water partition coefficient (Wildman–Crippen LogP) is 0.802. The normalized spacial score (nSPS) is 22.6. The van der Waals surface area contributed by atoms with Crippen molar-refractivity contribution >= 4 is 9.84 Å². The Morgan fingerprint density at radius 2 is 2.29 bits per heavy atom. The van der Waals surface area contributed by atoms with Crippen LogP contribution in [0.25, 0.3) is 0 Å². The van der Waals surface area contributed by atoms with Gasteiger partial charge in [0.15, 0.2) is 15.6 Å². The molecule has 0 bridgehead atoms. The van der Waals surface area contributed by atoms with Gasteiger partial charge in [-0.25, -0.2) is 8.42 Å². The molecule has 1 aromatic heterocycles. The highest BCUT2D eigenvalue weighted by Crippen LogP contribution is 2.34. The lowest BCUT2D eigenvalue weighted by Crippen LogP contribution is -2.32. The van der Waals surface area contributed by atoms with Gasteiger partial charge in [-0.15, -0.1) is 0 Å². The third-order valence-corrected chi connectivity index (χ3v) is 5.77. The molecule has 8 heteroatoms. The van der Waals surface area contributed by atoms with E-state index in [1.165, 1.54) is 0 Å². The summed E-state index contributed by atoms with van der Waals surface area (Å²) in [6.45, 7) is 4.06. The average molecular weight is 316 g/mol. The summed E-state index contributed by atoms with van der Waals surface area (Å²) in [5.41, 5.74) is 3.67. The molecule has 1 aliphatic rings. The topological polar surface area (TPSA) is 99.2 Å². The number of methoxy groups -OCH3 is 1. The molecule has 2 heterocycles. The quantitative estimate of drug-likeness (QED) is 0.595. The Bertz CT molecular complexity index is 582. The van der Waals surface area contributed by atoms with Gasteiger partial charge in [-0.2, -0.15) is 5.10 Å². The first-order chi connectivity index (χ1) is 9.88. The zero-order chi connectivity index (χ0) is 15.6. The number of hydrogen-bond acceptors (Lipinski definition) is 6. The molecule has 2 unspecified atom stereocenters. The maximum absolute atomic E-state index is 11.6. The van der Waals surface area contributed by atoms with Gasteiger partial charge in [-0.1, -0.05) is 0 Å². The summed E-state index contributed by atoms with van der Waals surface area (Å²) in [7, 11) is -1.29. The molecule has 3 N–H and O–H groups in total. The van der Waals surface area contributed by atoms with E-state index < -0.39 is 9.84 Å². The maximum atomic E-state index is 11.6. The molecule has 1 aliphatic heterocycles. The van der Waals surface area contributed by atoms with E-state index in [1.54, 1.807) is 13.3 Å². The largest absolute Gasteiger partial charge is 0.493 e. The second-order valence-electron chi connectivity index (χ2n) is 5.86. The minimum Gasteiger partial charge on any atom is -0.493 e. The van der Waals surface area contributed by atoms with E-state index in [0.717, 1.165) is 5.69 Å². The average Bonchev–Trinajstić information content (AvgIpc) is 2.98. The Labute approximate surface area is 125 Å². The van der Waals surface area contributed by atoms with Crippen LogP contribution in [0.5, 0.6) is 5.75 Å². The third-order valence-electron chi connectivity index (χ3n) is 3.93. The molecule has 0 radical (unpaired) electrons. The number of nitrogens with two attached hydrogens (primary N) is 1. The van der Waals surface area contributed by atoms with E-state index in [9.17, 15) is 8.42 Å². The molecule has 0 aromatic carbocycles. The van der Waals surface area contributed by atoms with Gasteiger partial charge in [0.05, 0.1) is 36.5 Å². The molecular weight excluding hydrogens is 292 g/mol. The number of rotatable bonds is 6. The highest BCUT2D eigenvalue weighted by atomic mass is 32.2. The molecular formula is C13H24N4O3S. The first-order valence-corrected chi connectivity index (χ1v) is 8.98. The van der Waals surface area contributed by atoms with Gasteiger partial charge in [0.2, 0.25) is 0 Å². The second-order valence-corrected chi connectivity index (χ2v) is 8.09. The van der Waals surface area contributed by atoms with Crippen LogP contribution in [-0.4, -0.2) is 36.8 Å². The summed E-state index contributed by atoms with van der Waals surface area (Å²) in [4.78, 5) is 0. The van der Waals surface area contributed by atoms with E-state index in [-0.39, 0.29) is 29.5 Å². The summed E-state index contributed by atoms with van der Waals surface area (Å²) in [5.74, 6) is 7.01. The Morgan fingerprint density at radius 1 is 1.57 bits per heavy atom. The summed E-state index contributed by atoms with van der Waals surface area (Å²) in [5, 5.41) is 4.34. The molecule has 0 spiro atoms. The predicted molar refractivity (Wildman–Crippen MR) is 80.6 cm³/mol. The van der Waals surface area contributed by atoms with Crippen molar-refractivity contribution in [2.24, 2.45) is 11.8 Å². The van der Waals surface area contributed by atoms with Gasteiger partial charge in [-0.3, -0.25) is 16.0 Å². The molecule has 0 saturated carbocycles. The van der Waals surface area contributed by atoms with Crippen molar-refractivity contribution in [3.05, 3.63) is 11.9 Å². The summed E-state index contributed by atoms with van der Waals surface area (Å²) in [6.07, 6.45) is 3.02. The fraction of sp³-hybridized carbons (Fsp3) is 0.769. The fourth-order valence-electron chi connectivity index (χ4n) is 2.91. The van der Waals surface area contributed by atoms with Crippen LogP contribution >= 0.6 is 0 Å². The van der Waals surface area contributed by atoms with Crippen molar-refractivity contribution in [2.75, 3.05) is 18.6 Å². The minimum absolute atomic E-state index is 0.122. The van der Waals surface area contributed by atoms with E-state index >= 15 is 0 Å². The molecule has 0 amide bonds. The highest BCUT2D eigenvalue weighted by molar-refractivity contribution is 7.91. The fourth-order valence-corrected chi connectivity index (χ4v) is 4.79. The number of sulfone groups is 1. The van der Waals surface area contributed by atoms with Gasteiger partial charge in [0.1, 0.15) is 0 Å². The number of hydrazine groups is 1. The molecule has 1 saturated heterocycles. The zero-order valence-corrected chi connectivity index (χ0v) is 13.6. The first-order valence-electron chi connectivity index (χ1n) is 7.16. The van der Waals surface area contributed by atoms with Gasteiger partial charge in [0, 0.05) is 6.04 Å². The number of aromatic nitrogens is 2. The van der Waals surface area contributed by atoms with E-state index in [1.807, 2.05) is 18.5 Å². The van der Waals surface area contributed by atoms with Gasteiger partial charge >= 0.3 is 0 Å². The SMILES string of the molecule is COc1cnn(C(C)C)c1C(CC1CCS(=O)(=O)C1)NN. The van der Waals surface area contributed by atoms with E-state index in [2.05, 4.69) is 10.5 Å². The molecule has 2 atom stereocenters. The maximum Gasteiger partial charge on any atom is 0.161 e. The van der Waals surface area contributed by atoms with Crippen molar-refractivity contribution in [1.29, 1.82) is 0 Å². The van der Waals surface area contributed by atoms with E-state index in [4.69, 9.17) is 10.6 Å². The molecule has 0 aliphatic carbocycles. The first kappa shape index (κ1) is 16.3. The monoisotopic (exact) mass is 316 g/mol. The lowest BCUT2D eigenvalue weighted by molar-refractivity contribution is 0.355. The Kier molecular flexibility index (Phi) is 4.90. The van der Waals surface area contributed by atoms with Crippen molar-refractivity contribution in [2.45, 2.75) is 38.8 Å². The Hall–Kier alpha value is -1.12. The van der Waals surface area contributed by atoms with Crippen LogP contribution in [0.3, 0.4) is 0 Å². The van der Waals surface area contributed by atoms with Crippen LogP contribution in [-0.2, 0) is 9.84 Å². The van der Waals surface area contributed by atoms with E-state index in [0.29, 0.717) is 18.6 Å². The molecule has 120 valence electrons. The number of nitrogens with zero attached hydrogens (tertiary/aromatic N) is 2. The van der Waals surface area contributed by atoms with Crippen LogP contribution in [0.4, 0.5) is 0 Å². The lowest BCUT2D eigenvalue weighted by Gasteiger charge is -2.22. The summed E-state index contributed by atoms with van der Waals surface area (Å²) >= 11 is 0. The molecule has 1 aromatic rings. The Balaban J connectivity index is 2.23. The summed E-state index contributed by atoms with van der Waals surface area (Å²) < 4.78 is 30.4. The zero-order valence-electron chi connectivity index (χ0n) is 12.7. The minimum atomic E-state index is -2.88. The summed E-state index contributed by atoms with van der Waals surface area (Å²) in [6, 6.07) is -0.00443. The number of hydrogen-bond donors (Lipinski definition) is 2. The molecule has 7 nitrogen and oxygen atoms in total. The Morgan fingerprint density at radius 3 is 2.76 bits per heavy atom. The molecule has 1 fully saturated rings. The van der Waals surface area contributed by atoms with Gasteiger partial charge < -0.3 is 4.74 Å². The third kappa shape index (κ3) is 3.56. The second kappa shape index (κ2) is 6.33. The number of ether oxygens (including phenoxy) is 1. The van der Waals surface area contributed by atoms with Crippen LogP contribution in [0.1, 0.15) is 44.5 Å². The lowest BCUT2D eigenvalue weighted by atomic mass is 9.97. The molecule has 2 rings (SSSR count). The van der Waals surface area contributed by atoms with Crippen LogP contribution in [0, 0.1) is 5.92 Å². The van der Waals surface area contributed by atoms with Crippen molar-refractivity contribution in [3.63, 3.8) is 0 Å². The van der Waals surface area contributed by atoms with Crippen molar-refractivity contribution < 1.29 is 13.2 Å². The van der Waals surface area contributed by atoms with Crippen LogP contribution < -0.4 is 16.0 Å². The number of nitrogens with one attached hydrogen (secondary N) is 1. The molecule has 21 heavy (non-hydrogen) atoms. The smallest absolute Gasteiger partial charge is 0.161 e. The highest BCUT2D eigenvalue weighted by Gasteiger charge is 2.32. The van der Waals surface area contributed by atoms with Crippen LogP contribution in [0.15, 0.2) is 6.20 Å². The van der Waals surface area contributed by atoms with Crippen molar-refractivity contribution in [3.8, 4) is 5.75 Å². The van der Waals surface area contributed by atoms with Gasteiger partial charge in [-0.05, 0) is 32.6 Å². The standard InChI is InChI=1S/C13H24N4O3S/c1-9(2)17-13(12(20-3)7-15-17)11(16-14)6-10-4-5-21(18,19)8-10/h7,9-11,16H,4-6,8,14H2,1-3H3. The van der Waals surface area contributed by atoms with Crippen LogP contribution in [0.2, 0.25) is 0 Å². The van der Waals surface area contributed by atoms with Crippen molar-refractivity contribution in [1.82, 2.24) is 15.2 Å².